The van der Waals surface area contributed by atoms with Gasteiger partial charge in [0.25, 0.3) is 0 Å². The van der Waals surface area contributed by atoms with Gasteiger partial charge in [0.15, 0.2) is 0 Å². The molecular weight excluding hydrogens is 465 g/mol. The van der Waals surface area contributed by atoms with Crippen molar-refractivity contribution in [2.75, 3.05) is 26.3 Å². The Morgan fingerprint density at radius 3 is 2.39 bits per heavy atom. The maximum atomic E-state index is 13.6. The van der Waals surface area contributed by atoms with Gasteiger partial charge in [0, 0.05) is 49.1 Å². The van der Waals surface area contributed by atoms with Crippen molar-refractivity contribution in [1.29, 1.82) is 0 Å². The summed E-state index contributed by atoms with van der Waals surface area (Å²) in [6, 6.07) is 23.2. The molecule has 7 heteroatoms. The monoisotopic (exact) mass is 492 g/mol. The van der Waals surface area contributed by atoms with Crippen LogP contribution in [0.3, 0.4) is 0 Å². The van der Waals surface area contributed by atoms with Crippen molar-refractivity contribution in [3.63, 3.8) is 0 Å². The lowest BCUT2D eigenvalue weighted by molar-refractivity contribution is -0.137. The second-order valence-corrected chi connectivity index (χ2v) is 9.09. The first-order valence-corrected chi connectivity index (χ1v) is 12.0. The number of amides is 1. The Kier molecular flexibility index (Phi) is 6.83. The lowest BCUT2D eigenvalue weighted by Crippen LogP contribution is -2.41. The standard InChI is InChI=1S/C29H27F3N2O2/c30-29(31,32)23-10-6-9-22(17-23)25(18-28(35)33-13-15-36-16-14-33)26-20-34(19-21-7-2-1-3-8-21)27-12-5-4-11-24(26)27/h1-12,17,20,25H,13-16,18-19H2/t25-/m0/s1. The van der Waals surface area contributed by atoms with Gasteiger partial charge in [0.05, 0.1) is 18.8 Å². The molecule has 2 heterocycles. The Bertz CT molecular complexity index is 1340. The third-order valence-electron chi connectivity index (χ3n) is 6.75. The molecule has 1 fully saturated rings. The van der Waals surface area contributed by atoms with Crippen LogP contribution in [0.1, 0.15) is 34.6 Å². The number of carbonyl (C=O) groups is 1. The molecule has 0 spiro atoms. The Balaban J connectivity index is 1.59. The first-order chi connectivity index (χ1) is 17.4. The van der Waals surface area contributed by atoms with Crippen LogP contribution in [0.5, 0.6) is 0 Å². The van der Waals surface area contributed by atoms with E-state index < -0.39 is 17.7 Å². The number of hydrogen-bond acceptors (Lipinski definition) is 2. The van der Waals surface area contributed by atoms with Crippen LogP contribution in [0.4, 0.5) is 13.2 Å². The summed E-state index contributed by atoms with van der Waals surface area (Å²) in [4.78, 5) is 15.1. The van der Waals surface area contributed by atoms with Gasteiger partial charge in [-0.05, 0) is 28.8 Å². The van der Waals surface area contributed by atoms with E-state index in [0.717, 1.165) is 28.1 Å². The second kappa shape index (κ2) is 10.2. The van der Waals surface area contributed by atoms with Gasteiger partial charge in [-0.3, -0.25) is 4.79 Å². The molecule has 36 heavy (non-hydrogen) atoms. The molecule has 5 rings (SSSR count). The van der Waals surface area contributed by atoms with Gasteiger partial charge in [0.2, 0.25) is 5.91 Å². The zero-order valence-corrected chi connectivity index (χ0v) is 19.7. The first-order valence-electron chi connectivity index (χ1n) is 12.0. The van der Waals surface area contributed by atoms with Crippen LogP contribution < -0.4 is 0 Å². The number of carbonyl (C=O) groups excluding carboxylic acids is 1. The van der Waals surface area contributed by atoms with Gasteiger partial charge >= 0.3 is 6.18 Å². The van der Waals surface area contributed by atoms with Crippen molar-refractivity contribution in [3.05, 3.63) is 107 Å². The fraction of sp³-hybridized carbons (Fsp3) is 0.276. The van der Waals surface area contributed by atoms with E-state index >= 15 is 0 Å². The molecule has 1 aliphatic heterocycles. The molecule has 1 aliphatic rings. The van der Waals surface area contributed by atoms with E-state index in [-0.39, 0.29) is 12.3 Å². The van der Waals surface area contributed by atoms with Crippen LogP contribution in [-0.4, -0.2) is 41.7 Å². The number of para-hydroxylation sites is 1. The summed E-state index contributed by atoms with van der Waals surface area (Å²) in [6.07, 6.45) is -2.38. The third kappa shape index (κ3) is 5.16. The molecule has 1 aromatic heterocycles. The van der Waals surface area contributed by atoms with Crippen molar-refractivity contribution in [2.45, 2.75) is 25.1 Å². The van der Waals surface area contributed by atoms with Crippen LogP contribution in [0.25, 0.3) is 10.9 Å². The van der Waals surface area contributed by atoms with Crippen LogP contribution in [0.2, 0.25) is 0 Å². The van der Waals surface area contributed by atoms with E-state index in [4.69, 9.17) is 4.74 Å². The van der Waals surface area contributed by atoms with Gasteiger partial charge in [-0.15, -0.1) is 0 Å². The zero-order chi connectivity index (χ0) is 25.1. The SMILES string of the molecule is O=C(C[C@@H](c1cccc(C(F)(F)F)c1)c1cn(Cc2ccccc2)c2ccccc12)N1CCOCC1. The summed E-state index contributed by atoms with van der Waals surface area (Å²) in [5.41, 5.74) is 2.71. The molecule has 3 aromatic carbocycles. The topological polar surface area (TPSA) is 34.5 Å². The number of alkyl halides is 3. The van der Waals surface area contributed by atoms with Crippen molar-refractivity contribution in [1.82, 2.24) is 9.47 Å². The first kappa shape index (κ1) is 24.1. The summed E-state index contributed by atoms with van der Waals surface area (Å²) in [5.74, 6) is -0.606. The average Bonchev–Trinajstić information content (AvgIpc) is 3.26. The minimum Gasteiger partial charge on any atom is -0.378 e. The van der Waals surface area contributed by atoms with E-state index in [2.05, 4.69) is 4.57 Å². The predicted molar refractivity (Wildman–Crippen MR) is 133 cm³/mol. The second-order valence-electron chi connectivity index (χ2n) is 9.09. The Morgan fingerprint density at radius 2 is 1.64 bits per heavy atom. The van der Waals surface area contributed by atoms with Gasteiger partial charge < -0.3 is 14.2 Å². The molecule has 1 saturated heterocycles. The number of nitrogens with zero attached hydrogens (tertiary/aromatic N) is 2. The highest BCUT2D eigenvalue weighted by Gasteiger charge is 2.32. The van der Waals surface area contributed by atoms with Gasteiger partial charge in [-0.25, -0.2) is 0 Å². The fourth-order valence-electron chi connectivity index (χ4n) is 4.92. The molecule has 0 N–H and O–H groups in total. The molecular formula is C29H27F3N2O2. The molecule has 0 unspecified atom stereocenters. The maximum absolute atomic E-state index is 13.6. The number of aromatic nitrogens is 1. The Labute approximate surface area is 207 Å². The van der Waals surface area contributed by atoms with Crippen molar-refractivity contribution >= 4 is 16.8 Å². The number of benzene rings is 3. The molecule has 186 valence electrons. The van der Waals surface area contributed by atoms with Crippen molar-refractivity contribution in [3.8, 4) is 0 Å². The number of hydrogen-bond donors (Lipinski definition) is 0. The summed E-state index contributed by atoms with van der Waals surface area (Å²) >= 11 is 0. The molecule has 0 radical (unpaired) electrons. The van der Waals surface area contributed by atoms with Gasteiger partial charge in [-0.1, -0.05) is 66.7 Å². The molecule has 4 nitrogen and oxygen atoms in total. The average molecular weight is 493 g/mol. The summed E-state index contributed by atoms with van der Waals surface area (Å²) in [6.45, 7) is 2.54. The lowest BCUT2D eigenvalue weighted by Gasteiger charge is -2.29. The zero-order valence-electron chi connectivity index (χ0n) is 19.7. The largest absolute Gasteiger partial charge is 0.416 e. The van der Waals surface area contributed by atoms with Gasteiger partial charge in [-0.2, -0.15) is 13.2 Å². The predicted octanol–water partition coefficient (Wildman–Crippen LogP) is 6.09. The number of halogens is 3. The van der Waals surface area contributed by atoms with Crippen molar-refractivity contribution in [2.24, 2.45) is 0 Å². The van der Waals surface area contributed by atoms with Crippen LogP contribution in [0, 0.1) is 0 Å². The number of morpholine rings is 1. The van der Waals surface area contributed by atoms with E-state index in [9.17, 15) is 18.0 Å². The van der Waals surface area contributed by atoms with Crippen LogP contribution >= 0.6 is 0 Å². The third-order valence-corrected chi connectivity index (χ3v) is 6.75. The summed E-state index contributed by atoms with van der Waals surface area (Å²) < 4.78 is 48.3. The number of fused-ring (bicyclic) bond motifs is 1. The highest BCUT2D eigenvalue weighted by molar-refractivity contribution is 5.87. The number of ether oxygens (including phenoxy) is 1. The number of rotatable bonds is 6. The molecule has 1 amide bonds. The van der Waals surface area contributed by atoms with Crippen LogP contribution in [-0.2, 0) is 22.3 Å². The Hall–Kier alpha value is -3.58. The minimum absolute atomic E-state index is 0.0828. The molecule has 0 saturated carbocycles. The molecule has 1 atom stereocenters. The van der Waals surface area contributed by atoms with E-state index in [1.807, 2.05) is 60.8 Å². The lowest BCUT2D eigenvalue weighted by atomic mass is 9.87. The van der Waals surface area contributed by atoms with Crippen molar-refractivity contribution < 1.29 is 22.7 Å². The minimum atomic E-state index is -4.46. The van der Waals surface area contributed by atoms with E-state index in [0.29, 0.717) is 38.4 Å². The summed E-state index contributed by atoms with van der Waals surface area (Å²) in [7, 11) is 0. The highest BCUT2D eigenvalue weighted by Crippen LogP contribution is 2.38. The van der Waals surface area contributed by atoms with Gasteiger partial charge in [0.1, 0.15) is 0 Å². The fourth-order valence-corrected chi connectivity index (χ4v) is 4.92. The summed E-state index contributed by atoms with van der Waals surface area (Å²) in [5, 5.41) is 0.936. The Morgan fingerprint density at radius 1 is 0.917 bits per heavy atom. The molecule has 0 bridgehead atoms. The van der Waals surface area contributed by atoms with Crippen LogP contribution in [0.15, 0.2) is 85.1 Å². The normalized spacial score (nSPS) is 15.2. The maximum Gasteiger partial charge on any atom is 0.416 e. The smallest absolute Gasteiger partial charge is 0.378 e. The quantitative estimate of drug-likeness (QED) is 0.327. The molecule has 0 aliphatic carbocycles. The van der Waals surface area contributed by atoms with E-state index in [1.54, 1.807) is 11.0 Å². The van der Waals surface area contributed by atoms with E-state index in [1.165, 1.54) is 12.1 Å². The highest BCUT2D eigenvalue weighted by atomic mass is 19.4. The molecule has 4 aromatic rings.